The van der Waals surface area contributed by atoms with E-state index in [9.17, 15) is 9.59 Å². The van der Waals surface area contributed by atoms with Gasteiger partial charge in [-0.2, -0.15) is 0 Å². The van der Waals surface area contributed by atoms with Gasteiger partial charge in [-0.05, 0) is 74.5 Å². The molecule has 1 unspecified atom stereocenters. The van der Waals surface area contributed by atoms with Crippen LogP contribution in [-0.2, 0) is 0 Å². The molecule has 4 aromatic rings. The van der Waals surface area contributed by atoms with Crippen LogP contribution in [0.25, 0.3) is 15.9 Å². The monoisotopic (exact) mass is 477 g/mol. The predicted octanol–water partition coefficient (Wildman–Crippen LogP) is 4.74. The summed E-state index contributed by atoms with van der Waals surface area (Å²) in [6.07, 6.45) is 6.44. The molecule has 2 bridgehead atoms. The Balaban J connectivity index is 1.23. The number of benzene rings is 1. The second-order valence-electron chi connectivity index (χ2n) is 8.81. The summed E-state index contributed by atoms with van der Waals surface area (Å²) < 4.78 is 8.29. The van der Waals surface area contributed by atoms with E-state index in [2.05, 4.69) is 16.9 Å². The lowest BCUT2D eigenvalue weighted by Crippen LogP contribution is -2.43. The number of fused-ring (bicyclic) bond motifs is 3. The number of nitrogens with zero attached hydrogens (tertiary/aromatic N) is 3. The molecule has 6 nitrogen and oxygen atoms in total. The maximum atomic E-state index is 13.2. The van der Waals surface area contributed by atoms with Crippen molar-refractivity contribution in [3.63, 3.8) is 0 Å². The van der Waals surface area contributed by atoms with Crippen molar-refractivity contribution in [1.82, 2.24) is 14.5 Å². The highest BCUT2D eigenvalue weighted by Crippen LogP contribution is 2.36. The molecule has 1 aromatic carbocycles. The van der Waals surface area contributed by atoms with Crippen LogP contribution in [0.4, 0.5) is 0 Å². The van der Waals surface area contributed by atoms with Crippen LogP contribution in [0.1, 0.15) is 40.2 Å². The Morgan fingerprint density at radius 1 is 1.09 bits per heavy atom. The summed E-state index contributed by atoms with van der Waals surface area (Å²) in [5.41, 5.74) is 1.11. The van der Waals surface area contributed by atoms with E-state index in [1.807, 2.05) is 35.7 Å². The molecular formula is C25H23N3O3S2. The first-order chi connectivity index (χ1) is 16.1. The molecule has 168 valence electrons. The van der Waals surface area contributed by atoms with Crippen LogP contribution in [0.5, 0.6) is 5.75 Å². The summed E-state index contributed by atoms with van der Waals surface area (Å²) in [6, 6.07) is 14.2. The summed E-state index contributed by atoms with van der Waals surface area (Å²) >= 11 is 2.60. The van der Waals surface area contributed by atoms with Gasteiger partial charge in [-0.15, -0.1) is 22.7 Å². The van der Waals surface area contributed by atoms with Crippen LogP contribution in [0.2, 0.25) is 0 Å². The highest BCUT2D eigenvalue weighted by Gasteiger charge is 2.39. The van der Waals surface area contributed by atoms with Crippen LogP contribution < -0.4 is 10.3 Å². The molecule has 2 aliphatic heterocycles. The normalized spacial score (nSPS) is 22.6. The van der Waals surface area contributed by atoms with E-state index in [0.717, 1.165) is 24.3 Å². The highest BCUT2D eigenvalue weighted by atomic mass is 32.1. The molecule has 0 saturated carbocycles. The van der Waals surface area contributed by atoms with Gasteiger partial charge in [0.1, 0.15) is 22.9 Å². The lowest BCUT2D eigenvalue weighted by molar-refractivity contribution is 0.0661. The van der Waals surface area contributed by atoms with Gasteiger partial charge >= 0.3 is 0 Å². The fourth-order valence-electron chi connectivity index (χ4n) is 5.07. The second-order valence-corrected chi connectivity index (χ2v) is 10.8. The summed E-state index contributed by atoms with van der Waals surface area (Å²) in [5.74, 6) is 0.762. The number of hydrogen-bond donors (Lipinski definition) is 0. The number of aromatic nitrogens is 2. The van der Waals surface area contributed by atoms with Crippen molar-refractivity contribution in [2.45, 2.75) is 43.9 Å². The zero-order valence-electron chi connectivity index (χ0n) is 18.1. The first-order valence-corrected chi connectivity index (χ1v) is 12.8. The lowest BCUT2D eigenvalue weighted by Gasteiger charge is -2.36. The first kappa shape index (κ1) is 20.8. The molecule has 3 aromatic heterocycles. The maximum absolute atomic E-state index is 13.2. The van der Waals surface area contributed by atoms with Gasteiger partial charge in [-0.3, -0.25) is 14.2 Å². The zero-order chi connectivity index (χ0) is 22.5. The number of ketones is 1. The Labute approximate surface area is 199 Å². The average molecular weight is 478 g/mol. The Bertz CT molecular complexity index is 1360. The third-order valence-corrected chi connectivity index (χ3v) is 8.86. The largest absolute Gasteiger partial charge is 0.490 e. The molecule has 8 heteroatoms. The van der Waals surface area contributed by atoms with Crippen molar-refractivity contribution in [1.29, 1.82) is 0 Å². The van der Waals surface area contributed by atoms with E-state index < -0.39 is 0 Å². The van der Waals surface area contributed by atoms with Gasteiger partial charge in [0.05, 0.1) is 21.0 Å². The number of ether oxygens (including phenoxy) is 1. The van der Waals surface area contributed by atoms with Crippen LogP contribution in [-0.4, -0.2) is 45.5 Å². The number of rotatable bonds is 5. The Morgan fingerprint density at radius 2 is 1.85 bits per heavy atom. The third kappa shape index (κ3) is 3.72. The lowest BCUT2D eigenvalue weighted by atomic mass is 10.0. The fourth-order valence-corrected chi connectivity index (χ4v) is 6.81. The van der Waals surface area contributed by atoms with E-state index in [1.54, 1.807) is 12.1 Å². The highest BCUT2D eigenvalue weighted by molar-refractivity contribution is 7.21. The predicted molar refractivity (Wildman–Crippen MR) is 131 cm³/mol. The quantitative estimate of drug-likeness (QED) is 0.389. The summed E-state index contributed by atoms with van der Waals surface area (Å²) in [7, 11) is 2.23. The zero-order valence-corrected chi connectivity index (χ0v) is 19.8. The van der Waals surface area contributed by atoms with Gasteiger partial charge in [-0.1, -0.05) is 6.07 Å². The van der Waals surface area contributed by atoms with Gasteiger partial charge in [0, 0.05) is 12.1 Å². The van der Waals surface area contributed by atoms with Crippen LogP contribution in [0.3, 0.4) is 0 Å². The van der Waals surface area contributed by atoms with E-state index >= 15 is 0 Å². The molecule has 2 aliphatic rings. The van der Waals surface area contributed by atoms with Gasteiger partial charge in [0.2, 0.25) is 5.78 Å². The van der Waals surface area contributed by atoms with Gasteiger partial charge in [0.25, 0.3) is 5.56 Å². The molecule has 0 radical (unpaired) electrons. The van der Waals surface area contributed by atoms with Crippen molar-refractivity contribution in [2.75, 3.05) is 7.05 Å². The van der Waals surface area contributed by atoms with Crippen molar-refractivity contribution in [3.05, 3.63) is 74.3 Å². The molecule has 2 saturated heterocycles. The molecule has 6 rings (SSSR count). The van der Waals surface area contributed by atoms with E-state index in [4.69, 9.17) is 4.74 Å². The Kier molecular flexibility index (Phi) is 5.16. The first-order valence-electron chi connectivity index (χ1n) is 11.2. The van der Waals surface area contributed by atoms with Crippen LogP contribution >= 0.6 is 22.7 Å². The summed E-state index contributed by atoms with van der Waals surface area (Å²) in [6.45, 7) is 0. The van der Waals surface area contributed by atoms with Crippen molar-refractivity contribution in [2.24, 2.45) is 0 Å². The molecule has 0 N–H and O–H groups in total. The molecule has 2 fully saturated rings. The number of thiophene rings is 2. The summed E-state index contributed by atoms with van der Waals surface area (Å²) in [4.78, 5) is 34.0. The minimum atomic E-state index is -0.171. The molecule has 5 heterocycles. The minimum absolute atomic E-state index is 0.0669. The van der Waals surface area contributed by atoms with E-state index in [1.165, 1.54) is 46.4 Å². The molecule has 33 heavy (non-hydrogen) atoms. The fraction of sp³-hybridized carbons (Fsp3) is 0.320. The van der Waals surface area contributed by atoms with E-state index in [-0.39, 0.29) is 17.4 Å². The van der Waals surface area contributed by atoms with Crippen molar-refractivity contribution < 1.29 is 9.53 Å². The Hall–Kier alpha value is -2.81. The maximum Gasteiger partial charge on any atom is 0.275 e. The van der Waals surface area contributed by atoms with Gasteiger partial charge in [-0.25, -0.2) is 4.98 Å². The van der Waals surface area contributed by atoms with Gasteiger partial charge < -0.3 is 9.64 Å². The average Bonchev–Trinajstić information content (AvgIpc) is 3.54. The van der Waals surface area contributed by atoms with Crippen molar-refractivity contribution in [3.8, 4) is 11.4 Å². The molecule has 0 spiro atoms. The standard InChI is InChI=1S/C25H23N3O3S2/c1-27-16-4-5-17(27)12-19(11-16)31-18-8-6-15(7-9-18)28-14-26-20-13-22(33-24(20)25(28)30)23(29)21-3-2-10-32-21/h2-3,6-10,13-14,16-17,19H,4-5,11-12H2,1H3/t16-,17+,19?. The van der Waals surface area contributed by atoms with Crippen LogP contribution in [0.15, 0.2) is 59.0 Å². The van der Waals surface area contributed by atoms with Crippen LogP contribution in [0, 0.1) is 0 Å². The molecule has 3 atom stereocenters. The summed E-state index contributed by atoms with van der Waals surface area (Å²) in [5, 5.41) is 1.87. The van der Waals surface area contributed by atoms with E-state index in [0.29, 0.717) is 32.1 Å². The SMILES string of the molecule is CN1[C@@H]2CC[C@H]1CC(Oc1ccc(-n3cnc4cc(C(=O)c5cccs5)sc4c3=O)cc1)C2. The number of carbonyl (C=O) groups is 1. The number of carbonyl (C=O) groups excluding carboxylic acids is 1. The number of hydrogen-bond acceptors (Lipinski definition) is 7. The topological polar surface area (TPSA) is 64.4 Å². The molecule has 0 amide bonds. The minimum Gasteiger partial charge on any atom is -0.490 e. The third-order valence-electron chi connectivity index (χ3n) is 6.88. The van der Waals surface area contributed by atoms with Gasteiger partial charge in [0.15, 0.2) is 0 Å². The molecule has 0 aliphatic carbocycles. The Morgan fingerprint density at radius 3 is 2.55 bits per heavy atom. The second kappa shape index (κ2) is 8.20. The van der Waals surface area contributed by atoms with Crippen molar-refractivity contribution >= 4 is 38.7 Å². The molecular weight excluding hydrogens is 454 g/mol. The number of piperidine rings is 1. The smallest absolute Gasteiger partial charge is 0.275 e.